The molecule has 0 fully saturated rings. The van der Waals surface area contributed by atoms with Gasteiger partial charge in [-0.2, -0.15) is 0 Å². The van der Waals surface area contributed by atoms with E-state index in [2.05, 4.69) is 15.3 Å². The molecule has 5 nitrogen and oxygen atoms in total. The molecule has 1 heterocycles. The van der Waals surface area contributed by atoms with Crippen LogP contribution in [0, 0.1) is 0 Å². The number of aliphatic imine (C=N–C) groups is 1. The molecule has 3 N–H and O–H groups in total. The molecule has 1 aromatic heterocycles. The van der Waals surface area contributed by atoms with Crippen molar-refractivity contribution in [3.05, 3.63) is 95.8 Å². The van der Waals surface area contributed by atoms with Crippen LogP contribution in [0.25, 0.3) is 0 Å². The molecule has 28 heavy (non-hydrogen) atoms. The molecule has 0 saturated heterocycles. The molecule has 0 bridgehead atoms. The fourth-order valence-electron chi connectivity index (χ4n) is 2.60. The van der Waals surface area contributed by atoms with E-state index in [0.717, 1.165) is 29.0 Å². The average molecular weight is 488 g/mol. The SMILES string of the molecule is I.NC(=NCc1ccccc1OCc1ccccc1)NCCc1ccccn1. The van der Waals surface area contributed by atoms with E-state index in [0.29, 0.717) is 25.7 Å². The minimum Gasteiger partial charge on any atom is -0.489 e. The molecule has 0 aliphatic carbocycles. The molecular formula is C22H25IN4O. The third kappa shape index (κ3) is 7.19. The first-order valence-electron chi connectivity index (χ1n) is 8.99. The van der Waals surface area contributed by atoms with Crippen LogP contribution in [0.4, 0.5) is 0 Å². The Balaban J connectivity index is 0.00000280. The van der Waals surface area contributed by atoms with Gasteiger partial charge in [0.25, 0.3) is 0 Å². The lowest BCUT2D eigenvalue weighted by molar-refractivity contribution is 0.303. The van der Waals surface area contributed by atoms with Gasteiger partial charge in [0.2, 0.25) is 0 Å². The van der Waals surface area contributed by atoms with Gasteiger partial charge in [-0.15, -0.1) is 24.0 Å². The Hall–Kier alpha value is -2.61. The van der Waals surface area contributed by atoms with Crippen LogP contribution in [-0.4, -0.2) is 17.5 Å². The monoisotopic (exact) mass is 488 g/mol. The summed E-state index contributed by atoms with van der Waals surface area (Å²) in [5.74, 6) is 1.25. The minimum absolute atomic E-state index is 0. The molecule has 2 aromatic carbocycles. The topological polar surface area (TPSA) is 72.5 Å². The van der Waals surface area contributed by atoms with Crippen molar-refractivity contribution in [3.8, 4) is 5.75 Å². The molecule has 0 amide bonds. The summed E-state index contributed by atoms with van der Waals surface area (Å²) >= 11 is 0. The van der Waals surface area contributed by atoms with E-state index in [1.807, 2.05) is 72.8 Å². The quantitative estimate of drug-likeness (QED) is 0.287. The molecule has 0 radical (unpaired) electrons. The first-order valence-corrected chi connectivity index (χ1v) is 8.99. The standard InChI is InChI=1S/C22H24N4O.HI/c23-22(25-15-13-20-11-6-7-14-24-20)26-16-19-10-4-5-12-21(19)27-17-18-8-2-1-3-9-18;/h1-12,14H,13,15-17H2,(H3,23,25,26);1H. The summed E-state index contributed by atoms with van der Waals surface area (Å²) in [7, 11) is 0. The smallest absolute Gasteiger partial charge is 0.188 e. The largest absolute Gasteiger partial charge is 0.489 e. The number of hydrogen-bond donors (Lipinski definition) is 2. The van der Waals surface area contributed by atoms with Gasteiger partial charge in [0, 0.05) is 30.4 Å². The molecule has 3 aromatic rings. The zero-order valence-electron chi connectivity index (χ0n) is 15.6. The lowest BCUT2D eigenvalue weighted by Gasteiger charge is -2.11. The average Bonchev–Trinajstić information content (AvgIpc) is 2.73. The number of hydrogen-bond acceptors (Lipinski definition) is 3. The van der Waals surface area contributed by atoms with Gasteiger partial charge in [0.1, 0.15) is 12.4 Å². The number of ether oxygens (including phenoxy) is 1. The maximum Gasteiger partial charge on any atom is 0.188 e. The lowest BCUT2D eigenvalue weighted by Crippen LogP contribution is -2.33. The summed E-state index contributed by atoms with van der Waals surface area (Å²) in [6.07, 6.45) is 2.59. The number of halogens is 1. The molecule has 0 saturated carbocycles. The van der Waals surface area contributed by atoms with Crippen LogP contribution in [0.1, 0.15) is 16.8 Å². The third-order valence-corrected chi connectivity index (χ3v) is 4.04. The predicted molar refractivity (Wildman–Crippen MR) is 124 cm³/mol. The maximum absolute atomic E-state index is 5.98. The lowest BCUT2D eigenvalue weighted by atomic mass is 10.2. The van der Waals surface area contributed by atoms with Crippen molar-refractivity contribution in [3.63, 3.8) is 0 Å². The molecule has 0 spiro atoms. The molecule has 0 aliphatic rings. The van der Waals surface area contributed by atoms with Crippen molar-refractivity contribution in [2.24, 2.45) is 10.7 Å². The number of benzene rings is 2. The van der Waals surface area contributed by atoms with Crippen molar-refractivity contribution in [2.75, 3.05) is 6.54 Å². The van der Waals surface area contributed by atoms with Gasteiger partial charge in [0.15, 0.2) is 5.96 Å². The Bertz CT molecular complexity index is 857. The molecule has 146 valence electrons. The van der Waals surface area contributed by atoms with Crippen LogP contribution in [-0.2, 0) is 19.6 Å². The molecule has 0 unspecified atom stereocenters. The van der Waals surface area contributed by atoms with Crippen molar-refractivity contribution in [2.45, 2.75) is 19.6 Å². The second-order valence-corrected chi connectivity index (χ2v) is 6.08. The summed E-state index contributed by atoms with van der Waals surface area (Å²) in [5.41, 5.74) is 9.14. The number of aromatic nitrogens is 1. The number of pyridine rings is 1. The minimum atomic E-state index is 0. The van der Waals surface area contributed by atoms with E-state index in [4.69, 9.17) is 10.5 Å². The Labute approximate surface area is 183 Å². The highest BCUT2D eigenvalue weighted by atomic mass is 127. The summed E-state index contributed by atoms with van der Waals surface area (Å²) in [5, 5.41) is 3.13. The van der Waals surface area contributed by atoms with Gasteiger partial charge in [-0.1, -0.05) is 54.6 Å². The molecular weight excluding hydrogens is 463 g/mol. The number of rotatable bonds is 8. The van der Waals surface area contributed by atoms with E-state index < -0.39 is 0 Å². The zero-order chi connectivity index (χ0) is 18.7. The van der Waals surface area contributed by atoms with Gasteiger partial charge in [-0.3, -0.25) is 4.98 Å². The maximum atomic E-state index is 5.98. The summed E-state index contributed by atoms with van der Waals surface area (Å²) in [6, 6.07) is 23.9. The van der Waals surface area contributed by atoms with Gasteiger partial charge >= 0.3 is 0 Å². The van der Waals surface area contributed by atoms with Crippen molar-refractivity contribution in [1.82, 2.24) is 10.3 Å². The second-order valence-electron chi connectivity index (χ2n) is 6.08. The van der Waals surface area contributed by atoms with Crippen LogP contribution in [0.5, 0.6) is 5.75 Å². The highest BCUT2D eigenvalue weighted by Crippen LogP contribution is 2.20. The number of guanidine groups is 1. The van der Waals surface area contributed by atoms with Crippen LogP contribution in [0.3, 0.4) is 0 Å². The highest BCUT2D eigenvalue weighted by Gasteiger charge is 2.03. The normalized spacial score (nSPS) is 10.8. The predicted octanol–water partition coefficient (Wildman–Crippen LogP) is 3.93. The number of nitrogens with zero attached hydrogens (tertiary/aromatic N) is 2. The first-order chi connectivity index (χ1) is 13.3. The number of para-hydroxylation sites is 1. The Morgan fingerprint density at radius 1 is 0.964 bits per heavy atom. The molecule has 6 heteroatoms. The van der Waals surface area contributed by atoms with Crippen molar-refractivity contribution in [1.29, 1.82) is 0 Å². The fraction of sp³-hybridized carbons (Fsp3) is 0.182. The van der Waals surface area contributed by atoms with Gasteiger partial charge in [-0.05, 0) is 23.8 Å². The Kier molecular flexibility index (Phi) is 9.27. The second kappa shape index (κ2) is 12.0. The summed E-state index contributed by atoms with van der Waals surface area (Å²) in [4.78, 5) is 8.71. The van der Waals surface area contributed by atoms with Gasteiger partial charge in [-0.25, -0.2) is 4.99 Å². The zero-order valence-corrected chi connectivity index (χ0v) is 18.0. The van der Waals surface area contributed by atoms with Crippen LogP contribution in [0.15, 0.2) is 84.0 Å². The molecule has 0 atom stereocenters. The van der Waals surface area contributed by atoms with E-state index >= 15 is 0 Å². The van der Waals surface area contributed by atoms with Gasteiger partial charge in [0.05, 0.1) is 6.54 Å². The summed E-state index contributed by atoms with van der Waals surface area (Å²) in [6.45, 7) is 1.69. The molecule has 0 aliphatic heterocycles. The van der Waals surface area contributed by atoms with E-state index in [9.17, 15) is 0 Å². The van der Waals surface area contributed by atoms with Gasteiger partial charge < -0.3 is 15.8 Å². The number of nitrogens with one attached hydrogen (secondary N) is 1. The van der Waals surface area contributed by atoms with E-state index in [1.165, 1.54) is 0 Å². The first kappa shape index (κ1) is 21.7. The number of nitrogens with two attached hydrogens (primary N) is 1. The van der Waals surface area contributed by atoms with Crippen molar-refractivity contribution >= 4 is 29.9 Å². The van der Waals surface area contributed by atoms with Crippen LogP contribution >= 0.6 is 24.0 Å². The van der Waals surface area contributed by atoms with E-state index in [-0.39, 0.29) is 24.0 Å². The third-order valence-electron chi connectivity index (χ3n) is 4.04. The van der Waals surface area contributed by atoms with Crippen molar-refractivity contribution < 1.29 is 4.74 Å². The van der Waals surface area contributed by atoms with Crippen LogP contribution < -0.4 is 15.8 Å². The Morgan fingerprint density at radius 2 is 1.71 bits per heavy atom. The Morgan fingerprint density at radius 3 is 2.50 bits per heavy atom. The fourth-order valence-corrected chi connectivity index (χ4v) is 2.60. The van der Waals surface area contributed by atoms with E-state index in [1.54, 1.807) is 6.20 Å². The highest BCUT2D eigenvalue weighted by molar-refractivity contribution is 14.0. The summed E-state index contributed by atoms with van der Waals surface area (Å²) < 4.78 is 5.96. The molecule has 3 rings (SSSR count). The van der Waals surface area contributed by atoms with Crippen LogP contribution in [0.2, 0.25) is 0 Å².